The number of morpholine rings is 1. The fourth-order valence-electron chi connectivity index (χ4n) is 3.00. The molecule has 4 nitrogen and oxygen atoms in total. The molecule has 0 bridgehead atoms. The van der Waals surface area contributed by atoms with Crippen LogP contribution in [0.1, 0.15) is 24.4 Å². The molecule has 6 heteroatoms. The number of amides is 1. The van der Waals surface area contributed by atoms with Gasteiger partial charge in [-0.15, -0.1) is 12.4 Å². The van der Waals surface area contributed by atoms with Gasteiger partial charge in [-0.25, -0.2) is 0 Å². The first-order chi connectivity index (χ1) is 9.75. The minimum absolute atomic E-state index is 0. The lowest BCUT2D eigenvalue weighted by Gasteiger charge is -2.31. The Bertz CT molecular complexity index is 494. The zero-order valence-electron chi connectivity index (χ0n) is 11.8. The van der Waals surface area contributed by atoms with E-state index in [1.807, 2.05) is 17.0 Å². The van der Waals surface area contributed by atoms with Crippen LogP contribution < -0.4 is 5.32 Å². The molecule has 1 amide bonds. The lowest BCUT2D eigenvalue weighted by atomic mass is 10.0. The van der Waals surface area contributed by atoms with Gasteiger partial charge in [0.15, 0.2) is 0 Å². The normalized spacial score (nSPS) is 25.5. The summed E-state index contributed by atoms with van der Waals surface area (Å²) in [5.41, 5.74) is 1.20. The number of carbonyl (C=O) groups excluding carboxylic acids is 1. The van der Waals surface area contributed by atoms with Crippen molar-refractivity contribution in [2.24, 2.45) is 0 Å². The number of carbonyl (C=O) groups is 1. The van der Waals surface area contributed by atoms with Gasteiger partial charge in [0.1, 0.15) is 6.10 Å². The molecule has 2 aliphatic heterocycles. The van der Waals surface area contributed by atoms with Crippen LogP contribution in [-0.2, 0) is 9.53 Å². The summed E-state index contributed by atoms with van der Waals surface area (Å²) >= 11 is 3.50. The van der Waals surface area contributed by atoms with E-state index in [4.69, 9.17) is 4.74 Å². The molecule has 2 heterocycles. The monoisotopic (exact) mass is 374 g/mol. The summed E-state index contributed by atoms with van der Waals surface area (Å²) in [7, 11) is 0. The minimum atomic E-state index is -0.323. The van der Waals surface area contributed by atoms with E-state index < -0.39 is 0 Å². The van der Waals surface area contributed by atoms with Crippen molar-refractivity contribution in [1.29, 1.82) is 0 Å². The molecule has 1 aromatic carbocycles. The smallest absolute Gasteiger partial charge is 0.253 e. The van der Waals surface area contributed by atoms with Crippen LogP contribution in [0.5, 0.6) is 0 Å². The summed E-state index contributed by atoms with van der Waals surface area (Å²) in [5.74, 6) is 0.125. The van der Waals surface area contributed by atoms with Crippen LogP contribution >= 0.6 is 28.3 Å². The number of benzene rings is 1. The molecular weight excluding hydrogens is 356 g/mol. The van der Waals surface area contributed by atoms with Crippen LogP contribution in [-0.4, -0.2) is 43.2 Å². The molecule has 1 N–H and O–H groups in total. The molecule has 0 aromatic heterocycles. The fraction of sp³-hybridized carbons (Fsp3) is 0.533. The van der Waals surface area contributed by atoms with Crippen LogP contribution in [0.3, 0.4) is 0 Å². The van der Waals surface area contributed by atoms with E-state index >= 15 is 0 Å². The third-order valence-electron chi connectivity index (χ3n) is 3.97. The Kier molecular flexibility index (Phi) is 6.05. The standard InChI is InChI=1S/C15H19BrN2O2.ClH/c16-12-4-1-3-11(9-12)13-5-2-7-18(13)15(19)14-10-17-6-8-20-14;/h1,3-4,9,13-14,17H,2,5-8,10H2;1H. The van der Waals surface area contributed by atoms with Gasteiger partial charge in [-0.2, -0.15) is 0 Å². The third-order valence-corrected chi connectivity index (χ3v) is 4.47. The van der Waals surface area contributed by atoms with Crippen molar-refractivity contribution in [3.8, 4) is 0 Å². The van der Waals surface area contributed by atoms with Gasteiger partial charge in [0, 0.05) is 24.1 Å². The highest BCUT2D eigenvalue weighted by atomic mass is 79.9. The Hall–Kier alpha value is -0.620. The molecule has 1 aromatic rings. The van der Waals surface area contributed by atoms with Crippen LogP contribution in [0.2, 0.25) is 0 Å². The maximum Gasteiger partial charge on any atom is 0.253 e. The van der Waals surface area contributed by atoms with Gasteiger partial charge in [0.25, 0.3) is 5.91 Å². The Morgan fingerprint density at radius 1 is 1.43 bits per heavy atom. The molecule has 2 unspecified atom stereocenters. The number of likely N-dealkylation sites (tertiary alicyclic amines) is 1. The first kappa shape index (κ1) is 16.7. The van der Waals surface area contributed by atoms with Crippen molar-refractivity contribution in [3.63, 3.8) is 0 Å². The highest BCUT2D eigenvalue weighted by molar-refractivity contribution is 9.10. The number of hydrogen-bond donors (Lipinski definition) is 1. The van der Waals surface area contributed by atoms with Crippen molar-refractivity contribution in [1.82, 2.24) is 10.2 Å². The maximum absolute atomic E-state index is 12.6. The van der Waals surface area contributed by atoms with Gasteiger partial charge in [-0.1, -0.05) is 28.1 Å². The van der Waals surface area contributed by atoms with Crippen molar-refractivity contribution in [3.05, 3.63) is 34.3 Å². The Balaban J connectivity index is 0.00000161. The van der Waals surface area contributed by atoms with Crippen molar-refractivity contribution >= 4 is 34.2 Å². The zero-order chi connectivity index (χ0) is 13.9. The first-order valence-corrected chi connectivity index (χ1v) is 7.93. The number of hydrogen-bond acceptors (Lipinski definition) is 3. The largest absolute Gasteiger partial charge is 0.366 e. The van der Waals surface area contributed by atoms with E-state index in [-0.39, 0.29) is 30.5 Å². The minimum Gasteiger partial charge on any atom is -0.366 e. The molecule has 2 aliphatic rings. The van der Waals surface area contributed by atoms with Gasteiger partial charge in [0.2, 0.25) is 0 Å². The lowest BCUT2D eigenvalue weighted by molar-refractivity contribution is -0.146. The predicted octanol–water partition coefficient (Wildman–Crippen LogP) is 2.52. The topological polar surface area (TPSA) is 41.6 Å². The van der Waals surface area contributed by atoms with Gasteiger partial charge in [0.05, 0.1) is 12.6 Å². The second kappa shape index (κ2) is 7.58. The van der Waals surface area contributed by atoms with Gasteiger partial charge >= 0.3 is 0 Å². The molecule has 2 fully saturated rings. The summed E-state index contributed by atoms with van der Waals surface area (Å²) in [6.45, 7) is 2.90. The summed E-state index contributed by atoms with van der Waals surface area (Å²) in [6.07, 6.45) is 1.77. The number of ether oxygens (including phenoxy) is 1. The van der Waals surface area contributed by atoms with Crippen LogP contribution in [0.15, 0.2) is 28.7 Å². The molecule has 3 rings (SSSR count). The molecular formula is C15H20BrClN2O2. The molecule has 21 heavy (non-hydrogen) atoms. The molecule has 0 saturated carbocycles. The van der Waals surface area contributed by atoms with Gasteiger partial charge in [-0.3, -0.25) is 4.79 Å². The number of rotatable bonds is 2. The van der Waals surface area contributed by atoms with E-state index in [9.17, 15) is 4.79 Å². The Morgan fingerprint density at radius 3 is 3.00 bits per heavy atom. The highest BCUT2D eigenvalue weighted by Crippen LogP contribution is 2.33. The first-order valence-electron chi connectivity index (χ1n) is 7.14. The molecule has 0 spiro atoms. The number of nitrogens with zero attached hydrogens (tertiary/aromatic N) is 1. The quantitative estimate of drug-likeness (QED) is 0.863. The average Bonchev–Trinajstić information content (AvgIpc) is 2.97. The third kappa shape index (κ3) is 3.77. The molecule has 2 saturated heterocycles. The van der Waals surface area contributed by atoms with E-state index in [0.717, 1.165) is 30.4 Å². The molecule has 0 radical (unpaired) electrons. The second-order valence-electron chi connectivity index (χ2n) is 5.31. The Labute approximate surface area is 139 Å². The van der Waals surface area contributed by atoms with E-state index in [0.29, 0.717) is 13.2 Å². The van der Waals surface area contributed by atoms with Crippen molar-refractivity contribution in [2.45, 2.75) is 25.0 Å². The zero-order valence-corrected chi connectivity index (χ0v) is 14.2. The summed E-state index contributed by atoms with van der Waals surface area (Å²) in [6, 6.07) is 8.43. The van der Waals surface area contributed by atoms with E-state index in [1.165, 1.54) is 5.56 Å². The lowest BCUT2D eigenvalue weighted by Crippen LogP contribution is -2.49. The summed E-state index contributed by atoms with van der Waals surface area (Å²) < 4.78 is 6.66. The van der Waals surface area contributed by atoms with E-state index in [2.05, 4.69) is 33.4 Å². The SMILES string of the molecule is Cl.O=C(C1CNCCO1)N1CCCC1c1cccc(Br)c1. The molecule has 0 aliphatic carbocycles. The average molecular weight is 376 g/mol. The number of nitrogens with one attached hydrogen (secondary N) is 1. The predicted molar refractivity (Wildman–Crippen MR) is 87.7 cm³/mol. The van der Waals surface area contributed by atoms with Crippen LogP contribution in [0, 0.1) is 0 Å². The van der Waals surface area contributed by atoms with Gasteiger partial charge in [-0.05, 0) is 30.5 Å². The maximum atomic E-state index is 12.6. The van der Waals surface area contributed by atoms with Gasteiger partial charge < -0.3 is 15.0 Å². The Morgan fingerprint density at radius 2 is 2.29 bits per heavy atom. The summed E-state index contributed by atoms with van der Waals surface area (Å²) in [5, 5.41) is 3.22. The van der Waals surface area contributed by atoms with E-state index in [1.54, 1.807) is 0 Å². The van der Waals surface area contributed by atoms with Crippen LogP contribution in [0.4, 0.5) is 0 Å². The van der Waals surface area contributed by atoms with Crippen molar-refractivity contribution in [2.75, 3.05) is 26.2 Å². The highest BCUT2D eigenvalue weighted by Gasteiger charge is 2.35. The molecule has 116 valence electrons. The summed E-state index contributed by atoms with van der Waals surface area (Å²) in [4.78, 5) is 14.6. The fourth-order valence-corrected chi connectivity index (χ4v) is 3.42. The number of halogens is 2. The molecule has 2 atom stereocenters. The van der Waals surface area contributed by atoms with Crippen molar-refractivity contribution < 1.29 is 9.53 Å². The van der Waals surface area contributed by atoms with Crippen LogP contribution in [0.25, 0.3) is 0 Å². The second-order valence-corrected chi connectivity index (χ2v) is 6.22.